The lowest BCUT2D eigenvalue weighted by molar-refractivity contribution is -0.120. The predicted molar refractivity (Wildman–Crippen MR) is 303 cm³/mol. The van der Waals surface area contributed by atoms with Crippen LogP contribution in [0.25, 0.3) is 10.2 Å². The van der Waals surface area contributed by atoms with E-state index in [0.717, 1.165) is 66.1 Å². The molecule has 4 heterocycles. The van der Waals surface area contributed by atoms with Crippen LogP contribution >= 0.6 is 23.6 Å². The number of benzene rings is 3. The molecule has 4 aromatic rings. The molecule has 13 nitrogen and oxygen atoms in total. The molecule has 0 radical (unpaired) electrons. The zero-order chi connectivity index (χ0) is 53.3. The highest BCUT2D eigenvalue weighted by Crippen LogP contribution is 2.39. The molecule has 4 amide bonds. The molecule has 0 aliphatic carbocycles. The van der Waals surface area contributed by atoms with Gasteiger partial charge in [-0.15, -0.1) is 11.3 Å². The molecule has 0 saturated carbocycles. The third-order valence-corrected chi connectivity index (χ3v) is 13.8. The number of ether oxygens (including phenoxy) is 3. The molecule has 0 bridgehead atoms. The molecule has 3 aromatic carbocycles. The van der Waals surface area contributed by atoms with Gasteiger partial charge in [-0.1, -0.05) is 110 Å². The monoisotopic (exact) mass is 1040 g/mol. The number of nitrogens with one attached hydrogen (secondary N) is 2. The molecule has 7 rings (SSSR count). The summed E-state index contributed by atoms with van der Waals surface area (Å²) in [6.07, 6.45) is 4.30. The average Bonchev–Trinajstić information content (AvgIpc) is 4.12. The number of amides is 4. The van der Waals surface area contributed by atoms with E-state index in [2.05, 4.69) is 76.4 Å². The maximum absolute atomic E-state index is 12.7. The van der Waals surface area contributed by atoms with E-state index in [4.69, 9.17) is 31.4 Å². The highest BCUT2D eigenvalue weighted by Gasteiger charge is 2.38. The number of carbonyl (C=O) groups excluding carboxylic acids is 4. The van der Waals surface area contributed by atoms with Gasteiger partial charge in [-0.2, -0.15) is 0 Å². The number of likely N-dealkylation sites (tertiary alicyclic amines) is 3. The fraction of sp³-hybridized carbons (Fsp3) is 0.586. The molecule has 0 unspecified atom stereocenters. The van der Waals surface area contributed by atoms with Crippen molar-refractivity contribution in [2.24, 2.45) is 0 Å². The summed E-state index contributed by atoms with van der Waals surface area (Å²) in [5.74, 6) is 1.01. The smallest absolute Gasteiger partial charge is 0.410 e. The summed E-state index contributed by atoms with van der Waals surface area (Å²) in [4.78, 5) is 60.7. The zero-order valence-electron chi connectivity index (χ0n) is 45.6. The first kappa shape index (κ1) is 60.3. The molecular weight excluding hydrogens is 957 g/mol. The summed E-state index contributed by atoms with van der Waals surface area (Å²) < 4.78 is 17.7. The van der Waals surface area contributed by atoms with Crippen LogP contribution in [0.3, 0.4) is 0 Å². The number of aromatic nitrogens is 1. The number of thiazole rings is 1. The van der Waals surface area contributed by atoms with E-state index < -0.39 is 28.9 Å². The maximum atomic E-state index is 12.7. The van der Waals surface area contributed by atoms with Crippen LogP contribution < -0.4 is 10.6 Å². The van der Waals surface area contributed by atoms with Crippen LogP contribution in [0.5, 0.6) is 0 Å². The number of nitrogens with zero attached hydrogens (tertiary/aromatic N) is 4. The van der Waals surface area contributed by atoms with Gasteiger partial charge in [0.15, 0.2) is 0 Å². The third kappa shape index (κ3) is 17.1. The lowest BCUT2D eigenvalue weighted by Crippen LogP contribution is -2.45. The first-order valence-corrected chi connectivity index (χ1v) is 27.0. The van der Waals surface area contributed by atoms with Gasteiger partial charge in [0.05, 0.1) is 22.3 Å². The Morgan fingerprint density at radius 1 is 0.575 bits per heavy atom. The number of para-hydroxylation sites is 3. The van der Waals surface area contributed by atoms with Gasteiger partial charge in [0.1, 0.15) is 32.8 Å². The van der Waals surface area contributed by atoms with Crippen molar-refractivity contribution < 1.29 is 33.4 Å². The van der Waals surface area contributed by atoms with Crippen LogP contribution in [-0.2, 0) is 19.0 Å². The summed E-state index contributed by atoms with van der Waals surface area (Å²) in [5.41, 5.74) is 4.98. The Labute approximate surface area is 446 Å². The van der Waals surface area contributed by atoms with Crippen molar-refractivity contribution in [1.82, 2.24) is 19.7 Å². The van der Waals surface area contributed by atoms with Crippen LogP contribution in [-0.4, -0.2) is 97.4 Å². The summed E-state index contributed by atoms with van der Waals surface area (Å²) in [6, 6.07) is 21.8. The SMILES string of the molecule is C.CC(C)c1cccc2sc([C@@H]3CCCN3C(=O)OC(C)(C)C)nc12.CC(C)c1ccccc1NC(=O)[C@@H]1CCCN1C(=O)OC(C)(C)C.CC(C)c1ccccc1NC(=S)[C@@H]1CCCN1C(=O)OC(C)(C)C. The molecule has 15 heteroatoms. The minimum Gasteiger partial charge on any atom is -0.444 e. The molecule has 402 valence electrons. The quantitative estimate of drug-likeness (QED) is 0.129. The number of rotatable bonds is 8. The molecule has 73 heavy (non-hydrogen) atoms. The van der Waals surface area contributed by atoms with Gasteiger partial charge in [-0.3, -0.25) is 19.5 Å². The van der Waals surface area contributed by atoms with E-state index in [9.17, 15) is 19.2 Å². The second-order valence-electron chi connectivity index (χ2n) is 22.9. The molecule has 0 spiro atoms. The van der Waals surface area contributed by atoms with E-state index in [1.54, 1.807) is 21.1 Å². The normalized spacial score (nSPS) is 17.9. The predicted octanol–water partition coefficient (Wildman–Crippen LogP) is 15.2. The van der Waals surface area contributed by atoms with Crippen LogP contribution in [0.1, 0.15) is 195 Å². The molecule has 3 aliphatic rings. The number of anilines is 2. The Hall–Kier alpha value is -5.28. The van der Waals surface area contributed by atoms with Crippen LogP contribution in [0.15, 0.2) is 66.7 Å². The summed E-state index contributed by atoms with van der Waals surface area (Å²) in [5, 5.41) is 7.39. The third-order valence-electron chi connectivity index (χ3n) is 12.3. The Morgan fingerprint density at radius 2 is 0.986 bits per heavy atom. The van der Waals surface area contributed by atoms with E-state index in [0.29, 0.717) is 42.3 Å². The second kappa shape index (κ2) is 25.8. The Bertz CT molecular complexity index is 2390. The van der Waals surface area contributed by atoms with Gasteiger partial charge in [0, 0.05) is 31.0 Å². The van der Waals surface area contributed by atoms with E-state index in [1.165, 1.54) is 15.8 Å². The van der Waals surface area contributed by atoms with Crippen molar-refractivity contribution in [3.8, 4) is 0 Å². The summed E-state index contributed by atoms with van der Waals surface area (Å²) in [6.45, 7) is 31.7. The molecule has 1 aromatic heterocycles. The molecule has 3 aliphatic heterocycles. The Kier molecular flexibility index (Phi) is 21.3. The van der Waals surface area contributed by atoms with E-state index in [-0.39, 0.29) is 37.6 Å². The minimum absolute atomic E-state index is 0. The van der Waals surface area contributed by atoms with Gasteiger partial charge >= 0.3 is 18.3 Å². The van der Waals surface area contributed by atoms with Crippen molar-refractivity contribution in [2.45, 2.75) is 202 Å². The van der Waals surface area contributed by atoms with Crippen molar-refractivity contribution in [3.05, 3.63) is 88.4 Å². The standard InChI is InChI=1S/C19H28N2O3.C19H26N2O2S.C19H28N2O2S.CH4/c1-13(2)14-9-6-7-10-15(14)20-17(22)16-11-8-12-21(16)18(23)24-19(3,4)5;1-12(2)13-8-6-10-15-16(13)20-17(24-15)14-9-7-11-21(14)18(22)23-19(3,4)5;1-13(2)14-9-6-7-10-15(14)20-17(24)16-11-8-12-21(16)18(22)23-19(3,4)5;/h6-7,9-10,13,16H,8,11-12H2,1-5H3,(H,20,22);6,8,10,12,14H,7,9,11H2,1-5H3;6-7,9-10,13,16H,8,11-12H2,1-5H3,(H,20,24);1H4/t16-;14-;16-;/m000./s1. The zero-order valence-corrected chi connectivity index (χ0v) is 47.3. The van der Waals surface area contributed by atoms with Crippen LogP contribution in [0.4, 0.5) is 25.8 Å². The number of fused-ring (bicyclic) bond motifs is 1. The van der Waals surface area contributed by atoms with Gasteiger partial charge in [0.25, 0.3) is 0 Å². The fourth-order valence-electron chi connectivity index (χ4n) is 8.98. The first-order chi connectivity index (χ1) is 33.6. The number of hydrogen-bond donors (Lipinski definition) is 2. The summed E-state index contributed by atoms with van der Waals surface area (Å²) in [7, 11) is 0. The molecular formula is C58H86N6O7S2. The van der Waals surface area contributed by atoms with Gasteiger partial charge in [0.2, 0.25) is 5.91 Å². The van der Waals surface area contributed by atoms with E-state index >= 15 is 0 Å². The highest BCUT2D eigenvalue weighted by molar-refractivity contribution is 7.80. The van der Waals surface area contributed by atoms with Gasteiger partial charge in [-0.25, -0.2) is 19.4 Å². The molecule has 3 saturated heterocycles. The Morgan fingerprint density at radius 3 is 1.48 bits per heavy atom. The maximum Gasteiger partial charge on any atom is 0.410 e. The van der Waals surface area contributed by atoms with Crippen molar-refractivity contribution >= 4 is 74.3 Å². The van der Waals surface area contributed by atoms with Crippen LogP contribution in [0, 0.1) is 0 Å². The average molecular weight is 1040 g/mol. The highest BCUT2D eigenvalue weighted by atomic mass is 32.1. The largest absolute Gasteiger partial charge is 0.444 e. The number of hydrogen-bond acceptors (Lipinski definition) is 10. The lowest BCUT2D eigenvalue weighted by atomic mass is 10.0. The van der Waals surface area contributed by atoms with E-state index in [1.807, 2.05) is 110 Å². The molecule has 3 atom stereocenters. The molecule has 2 N–H and O–H groups in total. The summed E-state index contributed by atoms with van der Waals surface area (Å²) >= 11 is 7.32. The minimum atomic E-state index is -0.565. The lowest BCUT2D eigenvalue weighted by Gasteiger charge is -2.29. The Balaban J connectivity index is 0.000000236. The van der Waals surface area contributed by atoms with Crippen molar-refractivity contribution in [2.75, 3.05) is 30.3 Å². The first-order valence-electron chi connectivity index (χ1n) is 25.8. The fourth-order valence-corrected chi connectivity index (χ4v) is 10.5. The van der Waals surface area contributed by atoms with Gasteiger partial charge < -0.3 is 24.8 Å². The van der Waals surface area contributed by atoms with Crippen LogP contribution in [0.2, 0.25) is 0 Å². The number of thiocarbonyl (C=S) groups is 1. The van der Waals surface area contributed by atoms with Gasteiger partial charge in [-0.05, 0) is 153 Å². The topological polar surface area (TPSA) is 143 Å². The molecule has 3 fully saturated rings. The van der Waals surface area contributed by atoms with Crippen molar-refractivity contribution in [1.29, 1.82) is 0 Å². The van der Waals surface area contributed by atoms with Crippen molar-refractivity contribution in [3.63, 3.8) is 0 Å². The second-order valence-corrected chi connectivity index (χ2v) is 24.4. The number of carbonyl (C=O) groups is 4.